The molecular weight excluding hydrogens is 488 g/mol. The Balaban J connectivity index is 2.16. The van der Waals surface area contributed by atoms with Crippen molar-refractivity contribution >= 4 is 40.8 Å². The Hall–Kier alpha value is -2.22. The van der Waals surface area contributed by atoms with Gasteiger partial charge in [-0.25, -0.2) is 0 Å². The van der Waals surface area contributed by atoms with Gasteiger partial charge in [-0.2, -0.15) is 0 Å². The monoisotopic (exact) mass is 520 g/mol. The number of carbonyl (C=O) groups excluding carboxylic acids is 5. The van der Waals surface area contributed by atoms with Gasteiger partial charge in [0.2, 0.25) is 0 Å². The first kappa shape index (κ1) is 29.0. The van der Waals surface area contributed by atoms with E-state index < -0.39 is 67.0 Å². The number of carbonyl (C=O) groups is 5. The van der Waals surface area contributed by atoms with Crippen LogP contribution in [0.25, 0.3) is 0 Å². The number of hydrogen-bond donors (Lipinski definition) is 0. The van der Waals surface area contributed by atoms with E-state index in [9.17, 15) is 24.0 Å². The zero-order valence-electron chi connectivity index (χ0n) is 20.4. The SMILES string of the molecule is CC(=O)OC[C@@H]1C[C@H](OC(C)=O)CC(O[C@@H]2C[C@@H](OC(C)=O)[C@H](OC(C)=O)[C@@H](CSC(C)=O)O2)O1. The van der Waals surface area contributed by atoms with Gasteiger partial charge in [0.05, 0.1) is 6.10 Å². The Morgan fingerprint density at radius 1 is 0.771 bits per heavy atom. The molecule has 2 fully saturated rings. The molecule has 0 bridgehead atoms. The van der Waals surface area contributed by atoms with Crippen LogP contribution in [0, 0.1) is 0 Å². The highest BCUT2D eigenvalue weighted by atomic mass is 32.2. The summed E-state index contributed by atoms with van der Waals surface area (Å²) in [6.07, 6.45) is -5.13. The minimum atomic E-state index is -0.959. The van der Waals surface area contributed by atoms with Crippen molar-refractivity contribution in [1.82, 2.24) is 0 Å². The first-order chi connectivity index (χ1) is 16.4. The molecule has 0 spiro atoms. The molecule has 35 heavy (non-hydrogen) atoms. The molecule has 0 radical (unpaired) electrons. The van der Waals surface area contributed by atoms with Crippen molar-refractivity contribution in [3.63, 3.8) is 0 Å². The van der Waals surface area contributed by atoms with Crippen molar-refractivity contribution in [2.24, 2.45) is 0 Å². The van der Waals surface area contributed by atoms with Crippen LogP contribution in [-0.4, -0.2) is 84.5 Å². The maximum atomic E-state index is 11.7. The number of ether oxygens (including phenoxy) is 7. The van der Waals surface area contributed by atoms with Crippen molar-refractivity contribution in [3.05, 3.63) is 0 Å². The average molecular weight is 521 g/mol. The van der Waals surface area contributed by atoms with Crippen LogP contribution in [-0.2, 0) is 57.1 Å². The Morgan fingerprint density at radius 3 is 1.97 bits per heavy atom. The lowest BCUT2D eigenvalue weighted by molar-refractivity contribution is -0.320. The van der Waals surface area contributed by atoms with Crippen LogP contribution in [0.15, 0.2) is 0 Å². The van der Waals surface area contributed by atoms with Crippen LogP contribution in [0.4, 0.5) is 0 Å². The molecule has 2 saturated heterocycles. The van der Waals surface area contributed by atoms with Crippen molar-refractivity contribution in [2.75, 3.05) is 12.4 Å². The predicted octanol–water partition coefficient (Wildman–Crippen LogP) is 1.26. The van der Waals surface area contributed by atoms with Crippen LogP contribution in [0.2, 0.25) is 0 Å². The summed E-state index contributed by atoms with van der Waals surface area (Å²) in [6, 6.07) is 0. The smallest absolute Gasteiger partial charge is 0.303 e. The van der Waals surface area contributed by atoms with Gasteiger partial charge in [0.15, 0.2) is 23.8 Å². The van der Waals surface area contributed by atoms with Gasteiger partial charge in [-0.3, -0.25) is 24.0 Å². The molecule has 12 nitrogen and oxygen atoms in total. The summed E-state index contributed by atoms with van der Waals surface area (Å²) in [5, 5.41) is -0.171. The summed E-state index contributed by atoms with van der Waals surface area (Å²) in [6.45, 7) is 6.33. The Kier molecular flexibility index (Phi) is 11.4. The highest BCUT2D eigenvalue weighted by Crippen LogP contribution is 2.32. The highest BCUT2D eigenvalue weighted by molar-refractivity contribution is 8.13. The Morgan fingerprint density at radius 2 is 1.40 bits per heavy atom. The molecule has 0 N–H and O–H groups in total. The first-order valence-corrected chi connectivity index (χ1v) is 12.2. The van der Waals surface area contributed by atoms with Crippen LogP contribution in [0.3, 0.4) is 0 Å². The van der Waals surface area contributed by atoms with Gasteiger partial charge in [-0.15, -0.1) is 0 Å². The molecule has 2 aliphatic heterocycles. The van der Waals surface area contributed by atoms with Crippen molar-refractivity contribution in [1.29, 1.82) is 0 Å². The number of thioether (sulfide) groups is 1. The highest BCUT2D eigenvalue weighted by Gasteiger charge is 2.45. The van der Waals surface area contributed by atoms with Gasteiger partial charge in [0.1, 0.15) is 24.9 Å². The number of esters is 4. The maximum Gasteiger partial charge on any atom is 0.303 e. The molecule has 13 heteroatoms. The fraction of sp³-hybridized carbons (Fsp3) is 0.773. The molecule has 2 heterocycles. The second kappa shape index (κ2) is 13.8. The van der Waals surface area contributed by atoms with Gasteiger partial charge >= 0.3 is 23.9 Å². The molecule has 0 aromatic rings. The van der Waals surface area contributed by atoms with E-state index in [0.717, 1.165) is 11.8 Å². The molecule has 0 amide bonds. The van der Waals surface area contributed by atoms with E-state index in [2.05, 4.69) is 0 Å². The third kappa shape index (κ3) is 10.5. The maximum absolute atomic E-state index is 11.7. The Labute approximate surface area is 207 Å². The summed E-state index contributed by atoms with van der Waals surface area (Å²) >= 11 is 0.966. The zero-order valence-corrected chi connectivity index (χ0v) is 21.2. The summed E-state index contributed by atoms with van der Waals surface area (Å²) < 4.78 is 38.9. The van der Waals surface area contributed by atoms with Gasteiger partial charge in [-0.1, -0.05) is 11.8 Å². The van der Waals surface area contributed by atoms with E-state index in [1.807, 2.05) is 0 Å². The number of hydrogen-bond acceptors (Lipinski definition) is 13. The van der Waals surface area contributed by atoms with Crippen LogP contribution >= 0.6 is 11.8 Å². The lowest BCUT2D eigenvalue weighted by Gasteiger charge is -2.42. The second-order valence-corrected chi connectivity index (χ2v) is 9.39. The fourth-order valence-electron chi connectivity index (χ4n) is 3.82. The second-order valence-electron chi connectivity index (χ2n) is 8.19. The van der Waals surface area contributed by atoms with E-state index in [0.29, 0.717) is 6.42 Å². The zero-order chi connectivity index (χ0) is 26.1. The third-order valence-electron chi connectivity index (χ3n) is 4.99. The minimum Gasteiger partial charge on any atom is -0.463 e. The molecule has 1 unspecified atom stereocenters. The van der Waals surface area contributed by atoms with Crippen LogP contribution in [0.5, 0.6) is 0 Å². The third-order valence-corrected chi connectivity index (χ3v) is 5.89. The summed E-state index contributed by atoms with van der Waals surface area (Å²) in [5.41, 5.74) is 0. The topological polar surface area (TPSA) is 150 Å². The van der Waals surface area contributed by atoms with Gasteiger partial charge in [0, 0.05) is 59.6 Å². The number of rotatable bonds is 9. The summed E-state index contributed by atoms with van der Waals surface area (Å²) in [5.74, 6) is -2.02. The van der Waals surface area contributed by atoms with Gasteiger partial charge in [-0.05, 0) is 0 Å². The average Bonchev–Trinajstić information content (AvgIpc) is 2.71. The largest absolute Gasteiger partial charge is 0.463 e. The van der Waals surface area contributed by atoms with E-state index in [-0.39, 0.29) is 30.3 Å². The molecule has 2 rings (SSSR count). The molecule has 0 aromatic heterocycles. The molecule has 198 valence electrons. The molecule has 0 saturated carbocycles. The molecule has 0 aromatic carbocycles. The Bertz CT molecular complexity index is 786. The molecule has 0 aliphatic carbocycles. The van der Waals surface area contributed by atoms with Gasteiger partial charge in [0.25, 0.3) is 0 Å². The van der Waals surface area contributed by atoms with Gasteiger partial charge < -0.3 is 33.2 Å². The van der Waals surface area contributed by atoms with Crippen molar-refractivity contribution in [2.45, 2.75) is 97.0 Å². The van der Waals surface area contributed by atoms with Crippen molar-refractivity contribution < 1.29 is 57.1 Å². The van der Waals surface area contributed by atoms with E-state index in [1.54, 1.807) is 0 Å². The molecule has 7 atom stereocenters. The first-order valence-electron chi connectivity index (χ1n) is 11.2. The quantitative estimate of drug-likeness (QED) is 0.317. The van der Waals surface area contributed by atoms with Crippen LogP contribution in [0.1, 0.15) is 53.9 Å². The molecule has 2 aliphatic rings. The van der Waals surface area contributed by atoms with E-state index >= 15 is 0 Å². The van der Waals surface area contributed by atoms with Crippen molar-refractivity contribution in [3.8, 4) is 0 Å². The van der Waals surface area contributed by atoms with Crippen LogP contribution < -0.4 is 0 Å². The summed E-state index contributed by atoms with van der Waals surface area (Å²) in [7, 11) is 0. The van der Waals surface area contributed by atoms with E-state index in [4.69, 9.17) is 33.2 Å². The summed E-state index contributed by atoms with van der Waals surface area (Å²) in [4.78, 5) is 57.6. The standard InChI is InChI=1S/C22H32O12S/c1-11(23)28-9-17-6-16(29-12(2)24)7-20(32-17)34-21-8-18(30-13(3)25)22(31-14(4)26)19(33-21)10-35-15(5)27/h16-22H,6-10H2,1-5H3/t16-,17-,18+,19+,20?,21+,22-/m0/s1. The molecular formula is C22H32O12S. The normalized spacial score (nSPS) is 30.6. The lowest BCUT2D eigenvalue weighted by atomic mass is 10.0. The predicted molar refractivity (Wildman–Crippen MR) is 119 cm³/mol. The minimum absolute atomic E-state index is 0.0193. The van der Waals surface area contributed by atoms with E-state index in [1.165, 1.54) is 34.6 Å². The fourth-order valence-corrected chi connectivity index (χ4v) is 4.49. The lowest BCUT2D eigenvalue weighted by Crippen LogP contribution is -2.54.